The lowest BCUT2D eigenvalue weighted by atomic mass is 10.1. The van der Waals surface area contributed by atoms with Crippen LogP contribution in [0.25, 0.3) is 11.6 Å². The minimum atomic E-state index is 0.319. The molecule has 96 valence electrons. The first-order chi connectivity index (χ1) is 9.24. The molecule has 0 spiro atoms. The normalized spacial score (nSPS) is 17.4. The Morgan fingerprint density at radius 2 is 1.95 bits per heavy atom. The molecule has 0 unspecified atom stereocenters. The summed E-state index contributed by atoms with van der Waals surface area (Å²) in [6, 6.07) is 9.97. The summed E-state index contributed by atoms with van der Waals surface area (Å²) in [5.41, 5.74) is 8.44. The fourth-order valence-corrected chi connectivity index (χ4v) is 2.83. The zero-order valence-electron chi connectivity index (χ0n) is 10.2. The van der Waals surface area contributed by atoms with Gasteiger partial charge in [-0.1, -0.05) is 41.7 Å². The lowest BCUT2D eigenvalue weighted by molar-refractivity contribution is 0.429. The molecule has 3 N–H and O–H groups in total. The van der Waals surface area contributed by atoms with Gasteiger partial charge in [-0.3, -0.25) is 0 Å². The van der Waals surface area contributed by atoms with Gasteiger partial charge in [0.05, 0.1) is 0 Å². The maximum absolute atomic E-state index is 10.3. The first kappa shape index (κ1) is 11.9. The van der Waals surface area contributed by atoms with Gasteiger partial charge in [-0.25, -0.2) is 0 Å². The summed E-state index contributed by atoms with van der Waals surface area (Å²) in [6.45, 7) is 0. The van der Waals surface area contributed by atoms with Crippen LogP contribution in [0, 0.1) is 0 Å². The van der Waals surface area contributed by atoms with Crippen LogP contribution in [-0.4, -0.2) is 15.3 Å². The molecule has 0 radical (unpaired) electrons. The molecule has 1 aromatic carbocycles. The third kappa shape index (κ3) is 2.37. The van der Waals surface area contributed by atoms with Crippen LogP contribution in [0.1, 0.15) is 23.4 Å². The van der Waals surface area contributed by atoms with E-state index >= 15 is 0 Å². The Bertz CT molecular complexity index is 658. The Hall–Kier alpha value is -2.14. The zero-order chi connectivity index (χ0) is 13.2. The summed E-state index contributed by atoms with van der Waals surface area (Å²) < 4.78 is 0. The number of nitrogens with zero attached hydrogens (tertiary/aromatic N) is 2. The van der Waals surface area contributed by atoms with E-state index in [0.29, 0.717) is 15.9 Å². The fourth-order valence-electron chi connectivity index (χ4n) is 2.15. The predicted molar refractivity (Wildman–Crippen MR) is 77.5 cm³/mol. The Labute approximate surface area is 114 Å². The van der Waals surface area contributed by atoms with Crippen molar-refractivity contribution in [2.75, 3.05) is 5.73 Å². The van der Waals surface area contributed by atoms with E-state index in [4.69, 9.17) is 5.73 Å². The molecule has 1 heterocycles. The van der Waals surface area contributed by atoms with E-state index in [1.807, 2.05) is 36.4 Å². The number of aliphatic hydroxyl groups excluding tert-OH is 1. The number of benzene rings is 1. The number of nitrogen functional groups attached to an aromatic ring is 1. The molecule has 0 bridgehead atoms. The van der Waals surface area contributed by atoms with E-state index in [-0.39, 0.29) is 0 Å². The van der Waals surface area contributed by atoms with E-state index < -0.39 is 0 Å². The van der Waals surface area contributed by atoms with Gasteiger partial charge in [0.2, 0.25) is 5.13 Å². The van der Waals surface area contributed by atoms with Crippen LogP contribution in [0.15, 0.2) is 41.7 Å². The molecular formula is C14H13N3OS. The number of rotatable bonds is 2. The molecular weight excluding hydrogens is 258 g/mol. The largest absolute Gasteiger partial charge is 0.507 e. The molecule has 5 heteroatoms. The monoisotopic (exact) mass is 271 g/mol. The highest BCUT2D eigenvalue weighted by Gasteiger charge is 2.23. The molecule has 0 atom stereocenters. The van der Waals surface area contributed by atoms with E-state index in [1.54, 1.807) is 0 Å². The minimum absolute atomic E-state index is 0.319. The average molecular weight is 271 g/mol. The number of aliphatic hydroxyl groups is 1. The van der Waals surface area contributed by atoms with Crippen molar-refractivity contribution in [1.29, 1.82) is 0 Å². The van der Waals surface area contributed by atoms with E-state index in [9.17, 15) is 5.11 Å². The standard InChI is InChI=1S/C14H13N3OS/c15-14-17-16-13(19-14)11-7-6-10(12(11)18)8-9-4-2-1-3-5-9/h1-5,8,18H,6-7H2,(H2,15,17). The molecule has 0 saturated carbocycles. The van der Waals surface area contributed by atoms with Gasteiger partial charge in [0, 0.05) is 5.57 Å². The summed E-state index contributed by atoms with van der Waals surface area (Å²) in [6.07, 6.45) is 3.60. The molecule has 0 aliphatic heterocycles. The summed E-state index contributed by atoms with van der Waals surface area (Å²) in [5, 5.41) is 19.2. The highest BCUT2D eigenvalue weighted by Crippen LogP contribution is 2.38. The van der Waals surface area contributed by atoms with Crippen molar-refractivity contribution in [2.24, 2.45) is 0 Å². The lowest BCUT2D eigenvalue weighted by Gasteiger charge is -1.99. The molecule has 2 aromatic rings. The number of hydrogen-bond donors (Lipinski definition) is 2. The molecule has 3 rings (SSSR count). The minimum Gasteiger partial charge on any atom is -0.507 e. The predicted octanol–water partition coefficient (Wildman–Crippen LogP) is 3.27. The summed E-state index contributed by atoms with van der Waals surface area (Å²) in [4.78, 5) is 0. The summed E-state index contributed by atoms with van der Waals surface area (Å²) >= 11 is 1.31. The third-order valence-corrected chi connectivity index (χ3v) is 3.89. The summed E-state index contributed by atoms with van der Waals surface area (Å²) in [7, 11) is 0. The van der Waals surface area contributed by atoms with Gasteiger partial charge in [0.1, 0.15) is 10.8 Å². The SMILES string of the molecule is Nc1nnc(C2=C(O)C(=Cc3ccccc3)CC2)s1. The molecule has 1 aromatic heterocycles. The van der Waals surface area contributed by atoms with Crippen molar-refractivity contribution in [3.8, 4) is 0 Å². The second kappa shape index (κ2) is 4.85. The van der Waals surface area contributed by atoms with Crippen LogP contribution in [-0.2, 0) is 0 Å². The molecule has 1 aliphatic carbocycles. The van der Waals surface area contributed by atoms with Crippen LogP contribution in [0.4, 0.5) is 5.13 Å². The molecule has 4 nitrogen and oxygen atoms in total. The van der Waals surface area contributed by atoms with E-state index in [2.05, 4.69) is 10.2 Å². The Morgan fingerprint density at radius 3 is 2.63 bits per heavy atom. The van der Waals surface area contributed by atoms with E-state index in [1.165, 1.54) is 11.3 Å². The van der Waals surface area contributed by atoms with Crippen LogP contribution >= 0.6 is 11.3 Å². The number of nitrogens with two attached hydrogens (primary N) is 1. The van der Waals surface area contributed by atoms with Gasteiger partial charge in [-0.2, -0.15) is 0 Å². The van der Waals surface area contributed by atoms with Gasteiger partial charge < -0.3 is 10.8 Å². The van der Waals surface area contributed by atoms with Crippen molar-refractivity contribution in [1.82, 2.24) is 10.2 Å². The second-order valence-electron chi connectivity index (χ2n) is 4.35. The maximum Gasteiger partial charge on any atom is 0.203 e. The Balaban J connectivity index is 1.95. The van der Waals surface area contributed by atoms with Gasteiger partial charge in [-0.05, 0) is 30.1 Å². The third-order valence-electron chi connectivity index (χ3n) is 3.07. The van der Waals surface area contributed by atoms with Crippen LogP contribution < -0.4 is 5.73 Å². The lowest BCUT2D eigenvalue weighted by Crippen LogP contribution is -1.85. The highest BCUT2D eigenvalue weighted by molar-refractivity contribution is 7.16. The first-order valence-electron chi connectivity index (χ1n) is 6.01. The van der Waals surface area contributed by atoms with Gasteiger partial charge in [0.15, 0.2) is 0 Å². The van der Waals surface area contributed by atoms with E-state index in [0.717, 1.165) is 29.6 Å². The highest BCUT2D eigenvalue weighted by atomic mass is 32.1. The van der Waals surface area contributed by atoms with Gasteiger partial charge in [-0.15, -0.1) is 10.2 Å². The van der Waals surface area contributed by atoms with Crippen molar-refractivity contribution in [2.45, 2.75) is 12.8 Å². The Morgan fingerprint density at radius 1 is 1.16 bits per heavy atom. The topological polar surface area (TPSA) is 72.0 Å². The van der Waals surface area contributed by atoms with Crippen LogP contribution in [0.3, 0.4) is 0 Å². The van der Waals surface area contributed by atoms with Crippen molar-refractivity contribution < 1.29 is 5.11 Å². The molecule has 0 amide bonds. The number of aromatic nitrogens is 2. The number of allylic oxidation sites excluding steroid dienone is 2. The van der Waals surface area contributed by atoms with Crippen molar-refractivity contribution in [3.63, 3.8) is 0 Å². The van der Waals surface area contributed by atoms with Crippen molar-refractivity contribution >= 4 is 28.1 Å². The van der Waals surface area contributed by atoms with Gasteiger partial charge >= 0.3 is 0 Å². The smallest absolute Gasteiger partial charge is 0.203 e. The van der Waals surface area contributed by atoms with Crippen LogP contribution in [0.2, 0.25) is 0 Å². The molecule has 19 heavy (non-hydrogen) atoms. The number of anilines is 1. The molecule has 0 saturated heterocycles. The Kier molecular flexibility index (Phi) is 3.05. The molecule has 1 aliphatic rings. The second-order valence-corrected chi connectivity index (χ2v) is 5.36. The molecule has 0 fully saturated rings. The average Bonchev–Trinajstić information content (AvgIpc) is 2.99. The fraction of sp³-hybridized carbons (Fsp3) is 0.143. The quantitative estimate of drug-likeness (QED) is 0.879. The van der Waals surface area contributed by atoms with Crippen molar-refractivity contribution in [3.05, 3.63) is 52.2 Å². The maximum atomic E-state index is 10.3. The first-order valence-corrected chi connectivity index (χ1v) is 6.83. The summed E-state index contributed by atoms with van der Waals surface area (Å²) in [5.74, 6) is 0.319. The number of hydrogen-bond acceptors (Lipinski definition) is 5. The zero-order valence-corrected chi connectivity index (χ0v) is 11.0. The van der Waals surface area contributed by atoms with Gasteiger partial charge in [0.25, 0.3) is 0 Å². The van der Waals surface area contributed by atoms with Crippen LogP contribution in [0.5, 0.6) is 0 Å².